The first-order chi connectivity index (χ1) is 6.86. The van der Waals surface area contributed by atoms with Crippen LogP contribution in [0, 0.1) is 0 Å². The van der Waals surface area contributed by atoms with Crippen molar-refractivity contribution in [1.29, 1.82) is 0 Å². The van der Waals surface area contributed by atoms with Gasteiger partial charge >= 0.3 is 0 Å². The van der Waals surface area contributed by atoms with Crippen LogP contribution in [0.1, 0.15) is 36.7 Å². The second-order valence-electron chi connectivity index (χ2n) is 4.56. The summed E-state index contributed by atoms with van der Waals surface area (Å²) in [5.41, 5.74) is 0.963. The molecule has 0 heterocycles. The zero-order valence-corrected chi connectivity index (χ0v) is 9.24. The molecule has 82 valence electrons. The molecule has 0 aliphatic carbocycles. The van der Waals surface area contributed by atoms with Crippen LogP contribution in [-0.4, -0.2) is 22.6 Å². The van der Waals surface area contributed by atoms with Crippen LogP contribution in [0.4, 0.5) is 0 Å². The Balaban J connectivity index is 3.15. The van der Waals surface area contributed by atoms with Crippen molar-refractivity contribution >= 4 is 5.78 Å². The van der Waals surface area contributed by atoms with E-state index in [2.05, 4.69) is 0 Å². The topological polar surface area (TPSA) is 57.5 Å². The fraction of sp³-hybridized carbons (Fsp3) is 0.417. The SMILES string of the molecule is CC(C)(C)c1ccc(C(=O)CO)cc1O. The molecule has 0 bridgehead atoms. The number of aliphatic hydroxyl groups is 1. The highest BCUT2D eigenvalue weighted by Gasteiger charge is 2.18. The fourth-order valence-electron chi connectivity index (χ4n) is 1.43. The number of hydrogen-bond donors (Lipinski definition) is 2. The maximum atomic E-state index is 11.2. The van der Waals surface area contributed by atoms with Crippen LogP contribution in [0.3, 0.4) is 0 Å². The minimum atomic E-state index is -0.533. The molecule has 0 unspecified atom stereocenters. The summed E-state index contributed by atoms with van der Waals surface area (Å²) in [5.74, 6) is -0.285. The third-order valence-electron chi connectivity index (χ3n) is 2.27. The third-order valence-corrected chi connectivity index (χ3v) is 2.27. The standard InChI is InChI=1S/C12H16O3/c1-12(2,3)9-5-4-8(6-10(9)14)11(15)7-13/h4-6,13-14H,7H2,1-3H3. The highest BCUT2D eigenvalue weighted by molar-refractivity contribution is 5.97. The van der Waals surface area contributed by atoms with Crippen molar-refractivity contribution in [2.45, 2.75) is 26.2 Å². The predicted molar refractivity (Wildman–Crippen MR) is 58.2 cm³/mol. The van der Waals surface area contributed by atoms with E-state index < -0.39 is 6.61 Å². The number of hydrogen-bond acceptors (Lipinski definition) is 3. The Bertz CT molecular complexity index is 375. The lowest BCUT2D eigenvalue weighted by Crippen LogP contribution is -2.12. The van der Waals surface area contributed by atoms with Crippen LogP contribution in [0.15, 0.2) is 18.2 Å². The van der Waals surface area contributed by atoms with Gasteiger partial charge in [0.05, 0.1) is 0 Å². The minimum absolute atomic E-state index is 0.0989. The Hall–Kier alpha value is -1.35. The summed E-state index contributed by atoms with van der Waals surface area (Å²) in [4.78, 5) is 11.2. The number of phenolic OH excluding ortho intramolecular Hbond substituents is 1. The summed E-state index contributed by atoms with van der Waals surface area (Å²) in [5, 5.41) is 18.4. The van der Waals surface area contributed by atoms with Gasteiger partial charge in [-0.05, 0) is 17.0 Å². The lowest BCUT2D eigenvalue weighted by Gasteiger charge is -2.20. The van der Waals surface area contributed by atoms with E-state index in [-0.39, 0.29) is 16.9 Å². The van der Waals surface area contributed by atoms with Crippen molar-refractivity contribution in [3.63, 3.8) is 0 Å². The Labute approximate surface area is 89.4 Å². The van der Waals surface area contributed by atoms with Crippen molar-refractivity contribution in [3.05, 3.63) is 29.3 Å². The highest BCUT2D eigenvalue weighted by atomic mass is 16.3. The number of ketones is 1. The molecule has 0 spiro atoms. The van der Waals surface area contributed by atoms with Crippen LogP contribution < -0.4 is 0 Å². The molecule has 0 aliphatic heterocycles. The highest BCUT2D eigenvalue weighted by Crippen LogP contribution is 2.31. The van der Waals surface area contributed by atoms with Gasteiger partial charge in [-0.2, -0.15) is 0 Å². The summed E-state index contributed by atoms with van der Waals surface area (Å²) in [6, 6.07) is 4.75. The molecule has 0 amide bonds. The Morgan fingerprint density at radius 2 is 1.93 bits per heavy atom. The van der Waals surface area contributed by atoms with Crippen LogP contribution >= 0.6 is 0 Å². The van der Waals surface area contributed by atoms with Crippen molar-refractivity contribution in [2.24, 2.45) is 0 Å². The average Bonchev–Trinajstić information content (AvgIpc) is 2.14. The van der Waals surface area contributed by atoms with E-state index in [9.17, 15) is 9.90 Å². The van der Waals surface area contributed by atoms with Crippen LogP contribution in [0.25, 0.3) is 0 Å². The lowest BCUT2D eigenvalue weighted by molar-refractivity contribution is 0.0903. The Morgan fingerprint density at radius 3 is 2.33 bits per heavy atom. The smallest absolute Gasteiger partial charge is 0.188 e. The number of phenols is 1. The number of rotatable bonds is 2. The molecular weight excluding hydrogens is 192 g/mol. The molecule has 2 N–H and O–H groups in total. The summed E-state index contributed by atoms with van der Waals surface area (Å²) < 4.78 is 0. The van der Waals surface area contributed by atoms with E-state index in [1.807, 2.05) is 20.8 Å². The molecule has 1 rings (SSSR count). The second-order valence-corrected chi connectivity index (χ2v) is 4.56. The van der Waals surface area contributed by atoms with Crippen LogP contribution in [0.2, 0.25) is 0 Å². The monoisotopic (exact) mass is 208 g/mol. The largest absolute Gasteiger partial charge is 0.508 e. The van der Waals surface area contributed by atoms with Gasteiger partial charge in [0.1, 0.15) is 12.4 Å². The Kier molecular flexibility index (Phi) is 3.15. The second kappa shape index (κ2) is 4.03. The van der Waals surface area contributed by atoms with Crippen molar-refractivity contribution in [2.75, 3.05) is 6.61 Å². The molecule has 1 aromatic rings. The quantitative estimate of drug-likeness (QED) is 0.729. The maximum Gasteiger partial charge on any atom is 0.188 e. The van der Waals surface area contributed by atoms with Gasteiger partial charge in [-0.15, -0.1) is 0 Å². The van der Waals surface area contributed by atoms with Crippen molar-refractivity contribution in [1.82, 2.24) is 0 Å². The van der Waals surface area contributed by atoms with Gasteiger partial charge in [0, 0.05) is 5.56 Å². The number of benzene rings is 1. The molecule has 3 heteroatoms. The van der Waals surface area contributed by atoms with Gasteiger partial charge < -0.3 is 10.2 Å². The maximum absolute atomic E-state index is 11.2. The predicted octanol–water partition coefficient (Wildman–Crippen LogP) is 1.86. The molecular formula is C12H16O3. The molecule has 0 saturated heterocycles. The molecule has 0 aromatic heterocycles. The number of aliphatic hydroxyl groups excluding tert-OH is 1. The number of aromatic hydroxyl groups is 1. The zero-order chi connectivity index (χ0) is 11.6. The molecule has 3 nitrogen and oxygen atoms in total. The van der Waals surface area contributed by atoms with E-state index in [0.717, 1.165) is 5.56 Å². The van der Waals surface area contributed by atoms with E-state index >= 15 is 0 Å². The molecule has 0 saturated carbocycles. The van der Waals surface area contributed by atoms with E-state index in [1.165, 1.54) is 6.07 Å². The first-order valence-electron chi connectivity index (χ1n) is 4.84. The first kappa shape index (κ1) is 11.7. The van der Waals surface area contributed by atoms with Crippen LogP contribution in [-0.2, 0) is 5.41 Å². The number of carbonyl (C=O) groups is 1. The van der Waals surface area contributed by atoms with E-state index in [0.29, 0.717) is 5.56 Å². The molecule has 0 atom stereocenters. The molecule has 15 heavy (non-hydrogen) atoms. The normalized spacial score (nSPS) is 11.5. The van der Waals surface area contributed by atoms with Gasteiger partial charge in [0.25, 0.3) is 0 Å². The lowest BCUT2D eigenvalue weighted by atomic mass is 9.85. The van der Waals surface area contributed by atoms with Crippen LogP contribution in [0.5, 0.6) is 5.75 Å². The average molecular weight is 208 g/mol. The van der Waals surface area contributed by atoms with Crippen molar-refractivity contribution in [3.8, 4) is 5.75 Å². The van der Waals surface area contributed by atoms with Gasteiger partial charge in [0.15, 0.2) is 5.78 Å². The van der Waals surface area contributed by atoms with Gasteiger partial charge in [-0.3, -0.25) is 4.79 Å². The first-order valence-corrected chi connectivity index (χ1v) is 4.84. The molecule has 0 fully saturated rings. The van der Waals surface area contributed by atoms with Gasteiger partial charge in [0.2, 0.25) is 0 Å². The molecule has 0 aliphatic rings. The third kappa shape index (κ3) is 2.57. The van der Waals surface area contributed by atoms with Gasteiger partial charge in [-0.1, -0.05) is 32.9 Å². The number of Topliss-reactive ketones (excluding diaryl/α,β-unsaturated/α-hetero) is 1. The Morgan fingerprint density at radius 1 is 1.33 bits per heavy atom. The number of carbonyl (C=O) groups excluding carboxylic acids is 1. The van der Waals surface area contributed by atoms with E-state index in [4.69, 9.17) is 5.11 Å². The summed E-state index contributed by atoms with van der Waals surface area (Å²) in [7, 11) is 0. The van der Waals surface area contributed by atoms with Gasteiger partial charge in [-0.25, -0.2) is 0 Å². The summed E-state index contributed by atoms with van der Waals surface area (Å²) in [6.07, 6.45) is 0. The van der Waals surface area contributed by atoms with Crippen molar-refractivity contribution < 1.29 is 15.0 Å². The summed E-state index contributed by atoms with van der Waals surface area (Å²) >= 11 is 0. The molecule has 1 aromatic carbocycles. The molecule has 0 radical (unpaired) electrons. The van der Waals surface area contributed by atoms with E-state index in [1.54, 1.807) is 12.1 Å². The minimum Gasteiger partial charge on any atom is -0.508 e. The fourth-order valence-corrected chi connectivity index (χ4v) is 1.43. The summed E-state index contributed by atoms with van der Waals surface area (Å²) in [6.45, 7) is 5.41. The zero-order valence-electron chi connectivity index (χ0n) is 9.24.